The molecule has 6 nitrogen and oxygen atoms in total. The lowest BCUT2D eigenvalue weighted by molar-refractivity contribution is -0.305. The maximum absolute atomic E-state index is 12.5. The van der Waals surface area contributed by atoms with E-state index in [2.05, 4.69) is 0 Å². The molecule has 0 saturated heterocycles. The number of carboxylic acid groups (broad SMARTS) is 1. The molecule has 1 aromatic carbocycles. The highest BCUT2D eigenvalue weighted by molar-refractivity contribution is 7.89. The predicted octanol–water partition coefficient (Wildman–Crippen LogP) is 1.53. The van der Waals surface area contributed by atoms with Gasteiger partial charge < -0.3 is 14.3 Å². The number of hydrogen-bond donors (Lipinski definition) is 0. The Morgan fingerprint density at radius 3 is 2.50 bits per heavy atom. The van der Waals surface area contributed by atoms with Gasteiger partial charge in [0.25, 0.3) is 0 Å². The second-order valence-corrected chi connectivity index (χ2v) is 7.05. The van der Waals surface area contributed by atoms with Gasteiger partial charge in [-0.15, -0.1) is 0 Å². The molecule has 0 spiro atoms. The number of furan rings is 1. The van der Waals surface area contributed by atoms with Gasteiger partial charge in [-0.25, -0.2) is 8.42 Å². The highest BCUT2D eigenvalue weighted by Gasteiger charge is 2.26. The van der Waals surface area contributed by atoms with Crippen LogP contribution in [0.25, 0.3) is 0 Å². The molecule has 2 rings (SSSR count). The van der Waals surface area contributed by atoms with Crippen LogP contribution in [-0.2, 0) is 21.4 Å². The number of benzene rings is 1. The summed E-state index contributed by atoms with van der Waals surface area (Å²) in [5.74, 6) is -1.24. The van der Waals surface area contributed by atoms with Crippen molar-refractivity contribution in [1.29, 1.82) is 0 Å². The van der Waals surface area contributed by atoms with Gasteiger partial charge in [0, 0.05) is 0 Å². The van der Waals surface area contributed by atoms with E-state index in [4.69, 9.17) is 27.6 Å². The molecule has 118 valence electrons. The molecule has 0 fully saturated rings. The van der Waals surface area contributed by atoms with E-state index in [0.717, 1.165) is 10.4 Å². The van der Waals surface area contributed by atoms with Crippen LogP contribution in [0.2, 0.25) is 10.0 Å². The summed E-state index contributed by atoms with van der Waals surface area (Å²) in [5.41, 5.74) is 0. The van der Waals surface area contributed by atoms with Gasteiger partial charge in [-0.3, -0.25) is 0 Å². The van der Waals surface area contributed by atoms with Crippen molar-refractivity contribution in [3.63, 3.8) is 0 Å². The summed E-state index contributed by atoms with van der Waals surface area (Å²) in [6, 6.07) is 6.82. The summed E-state index contributed by atoms with van der Waals surface area (Å²) in [4.78, 5) is 10.7. The number of carbonyl (C=O) groups is 1. The van der Waals surface area contributed by atoms with Crippen LogP contribution in [0.15, 0.2) is 45.9 Å². The van der Waals surface area contributed by atoms with E-state index in [9.17, 15) is 18.3 Å². The fourth-order valence-corrected chi connectivity index (χ4v) is 3.47. The van der Waals surface area contributed by atoms with Crippen molar-refractivity contribution < 1.29 is 22.7 Å². The normalized spacial score (nSPS) is 11.8. The first kappa shape index (κ1) is 16.8. The smallest absolute Gasteiger partial charge is 0.243 e. The number of carbonyl (C=O) groups excluding carboxylic acids is 1. The molecule has 0 aliphatic rings. The number of hydrogen-bond acceptors (Lipinski definition) is 5. The Kier molecular flexibility index (Phi) is 5.12. The number of rotatable bonds is 6. The Balaban J connectivity index is 2.39. The van der Waals surface area contributed by atoms with Gasteiger partial charge in [0.2, 0.25) is 10.0 Å². The van der Waals surface area contributed by atoms with E-state index in [1.165, 1.54) is 24.5 Å². The highest BCUT2D eigenvalue weighted by Crippen LogP contribution is 2.27. The number of aliphatic carboxylic acids is 1. The van der Waals surface area contributed by atoms with Gasteiger partial charge in [-0.1, -0.05) is 23.2 Å². The van der Waals surface area contributed by atoms with Crippen molar-refractivity contribution in [2.24, 2.45) is 0 Å². The minimum Gasteiger partial charge on any atom is -0.549 e. The SMILES string of the molecule is O=C([O-])CN(Cc1ccco1)S(=O)(=O)c1ccc(Cl)c(Cl)c1. The van der Waals surface area contributed by atoms with Crippen molar-refractivity contribution in [2.75, 3.05) is 6.54 Å². The molecule has 0 aliphatic heterocycles. The fraction of sp³-hybridized carbons (Fsp3) is 0.154. The van der Waals surface area contributed by atoms with E-state index < -0.39 is 22.5 Å². The Bertz CT molecular complexity index is 774. The molecule has 0 aliphatic carbocycles. The third-order valence-corrected chi connectivity index (χ3v) is 5.27. The zero-order valence-electron chi connectivity index (χ0n) is 11.0. The average Bonchev–Trinajstić information content (AvgIpc) is 2.93. The van der Waals surface area contributed by atoms with Crippen LogP contribution < -0.4 is 5.11 Å². The summed E-state index contributed by atoms with van der Waals surface area (Å²) in [7, 11) is -4.10. The highest BCUT2D eigenvalue weighted by atomic mass is 35.5. The summed E-state index contributed by atoms with van der Waals surface area (Å²) >= 11 is 11.6. The van der Waals surface area contributed by atoms with E-state index >= 15 is 0 Å². The Hall–Kier alpha value is -1.54. The van der Waals surface area contributed by atoms with Gasteiger partial charge in [0.15, 0.2) is 0 Å². The van der Waals surface area contributed by atoms with Gasteiger partial charge in [0.05, 0.1) is 40.3 Å². The minimum atomic E-state index is -4.10. The molecule has 0 amide bonds. The van der Waals surface area contributed by atoms with Crippen molar-refractivity contribution in [1.82, 2.24) is 4.31 Å². The monoisotopic (exact) mass is 362 g/mol. The summed E-state index contributed by atoms with van der Waals surface area (Å²) in [5, 5.41) is 11.1. The molecular formula is C13H10Cl2NO5S-. The lowest BCUT2D eigenvalue weighted by Crippen LogP contribution is -2.41. The maximum Gasteiger partial charge on any atom is 0.243 e. The zero-order chi connectivity index (χ0) is 16.3. The van der Waals surface area contributed by atoms with Crippen LogP contribution in [0.3, 0.4) is 0 Å². The molecule has 9 heteroatoms. The predicted molar refractivity (Wildman–Crippen MR) is 77.8 cm³/mol. The maximum atomic E-state index is 12.5. The lowest BCUT2D eigenvalue weighted by Gasteiger charge is -2.21. The van der Waals surface area contributed by atoms with Crippen molar-refractivity contribution in [3.05, 3.63) is 52.4 Å². The van der Waals surface area contributed by atoms with Crippen LogP contribution in [0.4, 0.5) is 0 Å². The Morgan fingerprint density at radius 1 is 1.23 bits per heavy atom. The number of carboxylic acids is 1. The van der Waals surface area contributed by atoms with Crippen LogP contribution in [-0.4, -0.2) is 25.2 Å². The molecule has 0 unspecified atom stereocenters. The molecule has 0 saturated carbocycles. The second-order valence-electron chi connectivity index (χ2n) is 4.30. The molecule has 0 atom stereocenters. The quantitative estimate of drug-likeness (QED) is 0.776. The molecule has 0 radical (unpaired) electrons. The third kappa shape index (κ3) is 3.80. The molecule has 1 aromatic heterocycles. The second kappa shape index (κ2) is 6.70. The fourth-order valence-electron chi connectivity index (χ4n) is 1.73. The van der Waals surface area contributed by atoms with E-state index in [-0.39, 0.29) is 21.5 Å². The van der Waals surface area contributed by atoms with Crippen LogP contribution in [0.5, 0.6) is 0 Å². The standard InChI is InChI=1S/C13H11Cl2NO5S/c14-11-4-3-10(6-12(11)15)22(19,20)16(8-13(17)18)7-9-2-1-5-21-9/h1-6H,7-8H2,(H,17,18)/p-1. The van der Waals surface area contributed by atoms with Gasteiger partial charge >= 0.3 is 0 Å². The Labute approximate surface area is 136 Å². The third-order valence-electron chi connectivity index (χ3n) is 2.75. The lowest BCUT2D eigenvalue weighted by atomic mass is 10.4. The number of nitrogens with zero attached hydrogens (tertiary/aromatic N) is 1. The van der Waals surface area contributed by atoms with E-state index in [1.54, 1.807) is 6.07 Å². The van der Waals surface area contributed by atoms with Crippen LogP contribution in [0.1, 0.15) is 5.76 Å². The van der Waals surface area contributed by atoms with E-state index in [1.807, 2.05) is 0 Å². The van der Waals surface area contributed by atoms with Gasteiger partial charge in [-0.05, 0) is 30.3 Å². The molecule has 0 N–H and O–H groups in total. The summed E-state index contributed by atoms with van der Waals surface area (Å²) < 4.78 is 30.9. The molecule has 2 aromatic rings. The summed E-state index contributed by atoms with van der Waals surface area (Å²) in [6.07, 6.45) is 1.36. The average molecular weight is 363 g/mol. The van der Waals surface area contributed by atoms with E-state index in [0.29, 0.717) is 5.76 Å². The van der Waals surface area contributed by atoms with Crippen LogP contribution in [0, 0.1) is 0 Å². The first-order valence-corrected chi connectivity index (χ1v) is 8.18. The van der Waals surface area contributed by atoms with Crippen molar-refractivity contribution in [2.45, 2.75) is 11.4 Å². The van der Waals surface area contributed by atoms with Gasteiger partial charge in [-0.2, -0.15) is 4.31 Å². The Morgan fingerprint density at radius 2 is 1.95 bits per heavy atom. The minimum absolute atomic E-state index is 0.0501. The first-order chi connectivity index (χ1) is 10.3. The van der Waals surface area contributed by atoms with Crippen molar-refractivity contribution in [3.8, 4) is 0 Å². The largest absolute Gasteiger partial charge is 0.549 e. The first-order valence-electron chi connectivity index (χ1n) is 5.98. The molecule has 22 heavy (non-hydrogen) atoms. The summed E-state index contributed by atoms with van der Waals surface area (Å²) in [6.45, 7) is -1.06. The molecule has 1 heterocycles. The number of sulfonamides is 1. The molecular weight excluding hydrogens is 353 g/mol. The number of halogens is 2. The van der Waals surface area contributed by atoms with Crippen LogP contribution >= 0.6 is 23.2 Å². The topological polar surface area (TPSA) is 90.7 Å². The molecule has 0 bridgehead atoms. The van der Waals surface area contributed by atoms with Crippen molar-refractivity contribution >= 4 is 39.2 Å². The van der Waals surface area contributed by atoms with Gasteiger partial charge in [0.1, 0.15) is 5.76 Å². The zero-order valence-corrected chi connectivity index (χ0v) is 13.4.